The molecular formula is C11H14N4. The van der Waals surface area contributed by atoms with E-state index in [2.05, 4.69) is 33.4 Å². The average Bonchev–Trinajstić information content (AvgIpc) is 2.88. The molecule has 0 unspecified atom stereocenters. The van der Waals surface area contributed by atoms with Crippen LogP contribution in [0.15, 0.2) is 18.2 Å². The largest absolute Gasteiger partial charge is 0.370 e. The quantitative estimate of drug-likeness (QED) is 0.704. The molecule has 1 saturated heterocycles. The lowest BCUT2D eigenvalue weighted by Gasteiger charge is -2.17. The molecule has 2 aromatic rings. The minimum Gasteiger partial charge on any atom is -0.370 e. The number of benzene rings is 1. The maximum atomic E-state index is 4.23. The Balaban J connectivity index is 2.17. The lowest BCUT2D eigenvalue weighted by atomic mass is 10.2. The Kier molecular flexibility index (Phi) is 1.87. The summed E-state index contributed by atoms with van der Waals surface area (Å²) in [5.74, 6) is 0. The fourth-order valence-electron chi connectivity index (χ4n) is 2.26. The van der Waals surface area contributed by atoms with Crippen LogP contribution in [0.5, 0.6) is 0 Å². The Morgan fingerprint density at radius 1 is 1.20 bits per heavy atom. The van der Waals surface area contributed by atoms with E-state index in [1.807, 2.05) is 11.7 Å². The molecule has 3 rings (SSSR count). The van der Waals surface area contributed by atoms with Crippen molar-refractivity contribution >= 4 is 16.7 Å². The minimum absolute atomic E-state index is 1.03. The predicted molar refractivity (Wildman–Crippen MR) is 60.0 cm³/mol. The second-order valence-electron chi connectivity index (χ2n) is 4.05. The second kappa shape index (κ2) is 3.22. The van der Waals surface area contributed by atoms with Crippen LogP contribution in [0.4, 0.5) is 5.69 Å². The van der Waals surface area contributed by atoms with Crippen molar-refractivity contribution in [2.45, 2.75) is 12.8 Å². The van der Waals surface area contributed by atoms with Gasteiger partial charge in [-0.15, -0.1) is 5.10 Å². The van der Waals surface area contributed by atoms with Gasteiger partial charge in [0.25, 0.3) is 0 Å². The number of rotatable bonds is 1. The third-order valence-electron chi connectivity index (χ3n) is 3.07. The van der Waals surface area contributed by atoms with Gasteiger partial charge in [0, 0.05) is 20.1 Å². The zero-order valence-electron chi connectivity index (χ0n) is 8.85. The number of anilines is 1. The maximum Gasteiger partial charge on any atom is 0.136 e. The summed E-state index contributed by atoms with van der Waals surface area (Å²) in [7, 11) is 1.93. The van der Waals surface area contributed by atoms with Crippen molar-refractivity contribution in [3.05, 3.63) is 18.2 Å². The Hall–Kier alpha value is -1.58. The van der Waals surface area contributed by atoms with Gasteiger partial charge in [0.15, 0.2) is 0 Å². The molecule has 1 fully saturated rings. The van der Waals surface area contributed by atoms with Crippen molar-refractivity contribution in [2.75, 3.05) is 18.0 Å². The van der Waals surface area contributed by atoms with Crippen molar-refractivity contribution in [1.82, 2.24) is 15.0 Å². The van der Waals surface area contributed by atoms with Crippen LogP contribution in [-0.4, -0.2) is 28.1 Å². The van der Waals surface area contributed by atoms with Crippen LogP contribution in [0.3, 0.4) is 0 Å². The number of aryl methyl sites for hydroxylation is 1. The van der Waals surface area contributed by atoms with Crippen LogP contribution in [0.2, 0.25) is 0 Å². The summed E-state index contributed by atoms with van der Waals surface area (Å²) >= 11 is 0. The number of fused-ring (bicyclic) bond motifs is 1. The highest BCUT2D eigenvalue weighted by molar-refractivity contribution is 5.88. The van der Waals surface area contributed by atoms with E-state index >= 15 is 0 Å². The highest BCUT2D eigenvalue weighted by atomic mass is 15.4. The number of nitrogens with zero attached hydrogens (tertiary/aromatic N) is 4. The zero-order chi connectivity index (χ0) is 10.3. The van der Waals surface area contributed by atoms with Crippen LogP contribution in [-0.2, 0) is 7.05 Å². The number of hydrogen-bond donors (Lipinski definition) is 0. The van der Waals surface area contributed by atoms with Gasteiger partial charge in [-0.1, -0.05) is 11.3 Å². The summed E-state index contributed by atoms with van der Waals surface area (Å²) in [6.07, 6.45) is 2.58. The lowest BCUT2D eigenvalue weighted by Crippen LogP contribution is -2.17. The van der Waals surface area contributed by atoms with Gasteiger partial charge in [-0.05, 0) is 25.0 Å². The monoisotopic (exact) mass is 202 g/mol. The van der Waals surface area contributed by atoms with E-state index in [0.717, 1.165) is 24.1 Å². The first kappa shape index (κ1) is 8.71. The number of hydrogen-bond acceptors (Lipinski definition) is 3. The Bertz CT molecular complexity index is 482. The van der Waals surface area contributed by atoms with Gasteiger partial charge in [0.05, 0.1) is 11.2 Å². The second-order valence-corrected chi connectivity index (χ2v) is 4.05. The summed E-state index contributed by atoms with van der Waals surface area (Å²) in [4.78, 5) is 2.40. The molecule has 1 aliphatic rings. The number of aromatic nitrogens is 3. The SMILES string of the molecule is Cn1nnc2c(N3CCCC3)cccc21. The smallest absolute Gasteiger partial charge is 0.136 e. The Morgan fingerprint density at radius 2 is 2.00 bits per heavy atom. The molecule has 1 aromatic carbocycles. The zero-order valence-corrected chi connectivity index (χ0v) is 8.85. The van der Waals surface area contributed by atoms with Crippen molar-refractivity contribution < 1.29 is 0 Å². The maximum absolute atomic E-state index is 4.23. The highest BCUT2D eigenvalue weighted by Gasteiger charge is 2.16. The molecule has 0 radical (unpaired) electrons. The predicted octanol–water partition coefficient (Wildman–Crippen LogP) is 1.57. The van der Waals surface area contributed by atoms with E-state index in [1.165, 1.54) is 18.5 Å². The summed E-state index contributed by atoms with van der Waals surface area (Å²) in [6, 6.07) is 6.29. The van der Waals surface area contributed by atoms with Crippen LogP contribution >= 0.6 is 0 Å². The van der Waals surface area contributed by atoms with E-state index in [4.69, 9.17) is 0 Å². The van der Waals surface area contributed by atoms with Gasteiger partial charge in [-0.25, -0.2) is 4.68 Å². The third-order valence-corrected chi connectivity index (χ3v) is 3.07. The first-order valence-electron chi connectivity index (χ1n) is 5.39. The van der Waals surface area contributed by atoms with Gasteiger partial charge in [0.2, 0.25) is 0 Å². The van der Waals surface area contributed by atoms with Gasteiger partial charge in [-0.2, -0.15) is 0 Å². The molecule has 4 heteroatoms. The van der Waals surface area contributed by atoms with Crippen LogP contribution in [0.25, 0.3) is 11.0 Å². The van der Waals surface area contributed by atoms with E-state index in [-0.39, 0.29) is 0 Å². The molecule has 0 saturated carbocycles. The summed E-state index contributed by atoms with van der Waals surface area (Å²) in [5.41, 5.74) is 3.37. The molecule has 2 heterocycles. The molecule has 15 heavy (non-hydrogen) atoms. The van der Waals surface area contributed by atoms with Crippen molar-refractivity contribution in [3.8, 4) is 0 Å². The van der Waals surface area contributed by atoms with Gasteiger partial charge in [-0.3, -0.25) is 0 Å². The van der Waals surface area contributed by atoms with Crippen molar-refractivity contribution in [3.63, 3.8) is 0 Å². The topological polar surface area (TPSA) is 34.0 Å². The Morgan fingerprint density at radius 3 is 2.80 bits per heavy atom. The molecule has 78 valence electrons. The van der Waals surface area contributed by atoms with Crippen molar-refractivity contribution in [2.24, 2.45) is 7.05 Å². The van der Waals surface area contributed by atoms with Gasteiger partial charge in [0.1, 0.15) is 5.52 Å². The average molecular weight is 202 g/mol. The van der Waals surface area contributed by atoms with E-state index in [0.29, 0.717) is 0 Å². The molecule has 1 aliphatic heterocycles. The normalized spacial score (nSPS) is 16.5. The highest BCUT2D eigenvalue weighted by Crippen LogP contribution is 2.27. The van der Waals surface area contributed by atoms with Crippen LogP contribution in [0, 0.1) is 0 Å². The molecule has 4 nitrogen and oxygen atoms in total. The van der Waals surface area contributed by atoms with Crippen LogP contribution in [0.1, 0.15) is 12.8 Å². The summed E-state index contributed by atoms with van der Waals surface area (Å²) in [6.45, 7) is 2.30. The van der Waals surface area contributed by atoms with E-state index < -0.39 is 0 Å². The Labute approximate surface area is 88.5 Å². The third kappa shape index (κ3) is 1.28. The van der Waals surface area contributed by atoms with Gasteiger partial charge >= 0.3 is 0 Å². The first-order valence-corrected chi connectivity index (χ1v) is 5.39. The molecule has 0 amide bonds. The van der Waals surface area contributed by atoms with Gasteiger partial charge < -0.3 is 4.90 Å². The summed E-state index contributed by atoms with van der Waals surface area (Å²) in [5, 5.41) is 8.30. The molecule has 0 N–H and O–H groups in total. The first-order chi connectivity index (χ1) is 7.36. The fourth-order valence-corrected chi connectivity index (χ4v) is 2.26. The molecule has 1 aromatic heterocycles. The van der Waals surface area contributed by atoms with E-state index in [9.17, 15) is 0 Å². The van der Waals surface area contributed by atoms with Crippen LogP contribution < -0.4 is 4.90 Å². The molecule has 0 atom stereocenters. The minimum atomic E-state index is 1.03. The molecule has 0 spiro atoms. The van der Waals surface area contributed by atoms with E-state index in [1.54, 1.807) is 0 Å². The standard InChI is InChI=1S/C11H14N4/c1-14-9-5-4-6-10(11(9)12-13-14)15-7-2-3-8-15/h4-6H,2-3,7-8H2,1H3. The summed E-state index contributed by atoms with van der Waals surface area (Å²) < 4.78 is 1.83. The van der Waals surface area contributed by atoms with Crippen molar-refractivity contribution in [1.29, 1.82) is 0 Å². The molecule has 0 aliphatic carbocycles. The fraction of sp³-hybridized carbons (Fsp3) is 0.455. The lowest BCUT2D eigenvalue weighted by molar-refractivity contribution is 0.736. The molecule has 0 bridgehead atoms. The molecular weight excluding hydrogens is 188 g/mol.